The van der Waals surface area contributed by atoms with E-state index < -0.39 is 11.9 Å². The minimum absolute atomic E-state index is 0.163. The van der Waals surface area contributed by atoms with Gasteiger partial charge in [-0.05, 0) is 23.3 Å². The average Bonchev–Trinajstić information content (AvgIpc) is 2.72. The van der Waals surface area contributed by atoms with Crippen LogP contribution in [0.15, 0.2) is 60.7 Å². The molecule has 6 nitrogen and oxygen atoms in total. The number of rotatable bonds is 5. The normalized spacial score (nSPS) is 14.9. The summed E-state index contributed by atoms with van der Waals surface area (Å²) in [4.78, 5) is 23.1. The number of nitrogens with zero attached hydrogens (tertiary/aromatic N) is 2. The van der Waals surface area contributed by atoms with E-state index in [4.69, 9.17) is 19.8 Å². The van der Waals surface area contributed by atoms with Gasteiger partial charge in [-0.3, -0.25) is 9.80 Å². The van der Waals surface area contributed by atoms with Crippen LogP contribution in [0, 0.1) is 5.82 Å². The average molecular weight is 400 g/mol. The Morgan fingerprint density at radius 2 is 1.41 bits per heavy atom. The lowest BCUT2D eigenvalue weighted by Gasteiger charge is -2.34. The first kappa shape index (κ1) is 22.3. The van der Waals surface area contributed by atoms with Crippen LogP contribution in [-0.2, 0) is 16.1 Å². The fourth-order valence-corrected chi connectivity index (χ4v) is 2.88. The van der Waals surface area contributed by atoms with Gasteiger partial charge in [-0.15, -0.1) is 0 Å². The van der Waals surface area contributed by atoms with Crippen LogP contribution in [0.5, 0.6) is 0 Å². The highest BCUT2D eigenvalue weighted by molar-refractivity contribution is 6.27. The highest BCUT2D eigenvalue weighted by Crippen LogP contribution is 2.10. The first-order chi connectivity index (χ1) is 13.9. The summed E-state index contributed by atoms with van der Waals surface area (Å²) in [6, 6.07) is 17.3. The molecule has 2 aromatic rings. The minimum atomic E-state index is -1.82. The van der Waals surface area contributed by atoms with Gasteiger partial charge in [0.1, 0.15) is 5.82 Å². The molecular formula is C22H25FN2O4. The van der Waals surface area contributed by atoms with Crippen molar-refractivity contribution in [1.82, 2.24) is 9.80 Å². The van der Waals surface area contributed by atoms with E-state index in [9.17, 15) is 4.39 Å². The highest BCUT2D eigenvalue weighted by atomic mass is 19.1. The quantitative estimate of drug-likeness (QED) is 0.752. The van der Waals surface area contributed by atoms with E-state index >= 15 is 0 Å². The standard InChI is InChI=1S/C20H23FN2.C2H2O4/c21-20-10-8-19(9-11-20)17-23-15-13-22(14-16-23)12-4-7-18-5-2-1-3-6-18;3-1(4)2(5)6/h1-11H,12-17H2;(H,3,4)(H,5,6). The largest absolute Gasteiger partial charge is 0.473 e. The van der Waals surface area contributed by atoms with Gasteiger partial charge < -0.3 is 10.2 Å². The number of carboxylic acids is 2. The summed E-state index contributed by atoms with van der Waals surface area (Å²) in [7, 11) is 0. The van der Waals surface area contributed by atoms with Crippen molar-refractivity contribution in [2.75, 3.05) is 32.7 Å². The summed E-state index contributed by atoms with van der Waals surface area (Å²) in [5.41, 5.74) is 2.44. The number of aliphatic carboxylic acids is 2. The van der Waals surface area contributed by atoms with Crippen molar-refractivity contribution in [2.24, 2.45) is 0 Å². The summed E-state index contributed by atoms with van der Waals surface area (Å²) in [5, 5.41) is 14.8. The zero-order valence-electron chi connectivity index (χ0n) is 16.1. The fraction of sp³-hybridized carbons (Fsp3) is 0.273. The van der Waals surface area contributed by atoms with Crippen LogP contribution in [0.4, 0.5) is 4.39 Å². The Balaban J connectivity index is 0.000000438. The number of piperazine rings is 1. The Bertz CT molecular complexity index is 789. The SMILES string of the molecule is Fc1ccc(CN2CCN(CC=Cc3ccccc3)CC2)cc1.O=C(O)C(=O)O. The Morgan fingerprint density at radius 1 is 0.862 bits per heavy atom. The van der Waals surface area contributed by atoms with E-state index in [1.54, 1.807) is 12.1 Å². The van der Waals surface area contributed by atoms with E-state index in [2.05, 4.69) is 46.2 Å². The lowest BCUT2D eigenvalue weighted by molar-refractivity contribution is -0.159. The Kier molecular flexibility index (Phi) is 9.01. The zero-order valence-corrected chi connectivity index (χ0v) is 16.1. The fourth-order valence-electron chi connectivity index (χ4n) is 2.88. The van der Waals surface area contributed by atoms with Crippen LogP contribution in [0.1, 0.15) is 11.1 Å². The first-order valence-electron chi connectivity index (χ1n) is 9.31. The van der Waals surface area contributed by atoms with Gasteiger partial charge in [0.15, 0.2) is 0 Å². The van der Waals surface area contributed by atoms with Gasteiger partial charge >= 0.3 is 11.9 Å². The number of carboxylic acid groups (broad SMARTS) is 2. The molecule has 1 aliphatic rings. The second-order valence-corrected chi connectivity index (χ2v) is 6.63. The molecule has 0 saturated carbocycles. The summed E-state index contributed by atoms with van der Waals surface area (Å²) < 4.78 is 12.9. The molecule has 7 heteroatoms. The van der Waals surface area contributed by atoms with Crippen molar-refractivity contribution in [3.63, 3.8) is 0 Å². The lowest BCUT2D eigenvalue weighted by atomic mass is 10.2. The number of halogens is 1. The van der Waals surface area contributed by atoms with Crippen LogP contribution in [0.3, 0.4) is 0 Å². The molecule has 0 amide bonds. The molecule has 0 atom stereocenters. The molecule has 1 fully saturated rings. The molecule has 0 aliphatic carbocycles. The van der Waals surface area contributed by atoms with E-state index in [0.717, 1.165) is 39.3 Å². The smallest absolute Gasteiger partial charge is 0.414 e. The number of benzene rings is 2. The molecule has 0 aromatic heterocycles. The summed E-state index contributed by atoms with van der Waals surface area (Å²) in [6.45, 7) is 6.21. The maximum Gasteiger partial charge on any atom is 0.414 e. The monoisotopic (exact) mass is 400 g/mol. The van der Waals surface area contributed by atoms with Gasteiger partial charge in [-0.25, -0.2) is 14.0 Å². The van der Waals surface area contributed by atoms with Crippen molar-refractivity contribution in [3.8, 4) is 0 Å². The van der Waals surface area contributed by atoms with E-state index in [1.165, 1.54) is 11.1 Å². The predicted molar refractivity (Wildman–Crippen MR) is 109 cm³/mol. The van der Waals surface area contributed by atoms with Crippen LogP contribution in [0.2, 0.25) is 0 Å². The maximum absolute atomic E-state index is 12.9. The van der Waals surface area contributed by atoms with Gasteiger partial charge in [0.2, 0.25) is 0 Å². The summed E-state index contributed by atoms with van der Waals surface area (Å²) in [5.74, 6) is -3.81. The number of hydrogen-bond donors (Lipinski definition) is 2. The van der Waals surface area contributed by atoms with Crippen molar-refractivity contribution in [1.29, 1.82) is 0 Å². The number of carbonyl (C=O) groups is 2. The zero-order chi connectivity index (χ0) is 21.1. The molecular weight excluding hydrogens is 375 g/mol. The molecule has 2 N–H and O–H groups in total. The molecule has 0 unspecified atom stereocenters. The third kappa shape index (κ3) is 8.68. The third-order valence-electron chi connectivity index (χ3n) is 4.44. The molecule has 3 rings (SSSR count). The van der Waals surface area contributed by atoms with Gasteiger partial charge in [0.25, 0.3) is 0 Å². The van der Waals surface area contributed by atoms with Crippen molar-refractivity contribution >= 4 is 18.0 Å². The third-order valence-corrected chi connectivity index (χ3v) is 4.44. The van der Waals surface area contributed by atoms with Gasteiger partial charge in [-0.2, -0.15) is 0 Å². The van der Waals surface area contributed by atoms with Gasteiger partial charge in [-0.1, -0.05) is 54.6 Å². The Morgan fingerprint density at radius 3 is 1.97 bits per heavy atom. The van der Waals surface area contributed by atoms with Crippen molar-refractivity contribution < 1.29 is 24.2 Å². The molecule has 29 heavy (non-hydrogen) atoms. The molecule has 1 aliphatic heterocycles. The van der Waals surface area contributed by atoms with E-state index in [0.29, 0.717) is 0 Å². The van der Waals surface area contributed by atoms with E-state index in [1.807, 2.05) is 18.2 Å². The molecule has 1 saturated heterocycles. The Hall–Kier alpha value is -3.03. The van der Waals surface area contributed by atoms with E-state index in [-0.39, 0.29) is 5.82 Å². The van der Waals surface area contributed by atoms with Crippen LogP contribution < -0.4 is 0 Å². The molecule has 1 heterocycles. The Labute approximate surface area is 169 Å². The molecule has 0 radical (unpaired) electrons. The second kappa shape index (κ2) is 11.7. The highest BCUT2D eigenvalue weighted by Gasteiger charge is 2.15. The van der Waals surface area contributed by atoms with Crippen LogP contribution in [0.25, 0.3) is 6.08 Å². The van der Waals surface area contributed by atoms with Gasteiger partial charge in [0.05, 0.1) is 0 Å². The minimum Gasteiger partial charge on any atom is -0.473 e. The molecule has 2 aromatic carbocycles. The van der Waals surface area contributed by atoms with Crippen molar-refractivity contribution in [3.05, 3.63) is 77.6 Å². The van der Waals surface area contributed by atoms with Crippen LogP contribution in [-0.4, -0.2) is 64.7 Å². The lowest BCUT2D eigenvalue weighted by Crippen LogP contribution is -2.45. The van der Waals surface area contributed by atoms with Gasteiger partial charge in [0, 0.05) is 39.3 Å². The summed E-state index contributed by atoms with van der Waals surface area (Å²) >= 11 is 0. The predicted octanol–water partition coefficient (Wildman–Crippen LogP) is 2.81. The topological polar surface area (TPSA) is 81.1 Å². The second-order valence-electron chi connectivity index (χ2n) is 6.63. The van der Waals surface area contributed by atoms with Crippen LogP contribution >= 0.6 is 0 Å². The first-order valence-corrected chi connectivity index (χ1v) is 9.31. The molecule has 154 valence electrons. The van der Waals surface area contributed by atoms with Crippen molar-refractivity contribution in [2.45, 2.75) is 6.54 Å². The molecule has 0 spiro atoms. The maximum atomic E-state index is 12.9. The number of hydrogen-bond acceptors (Lipinski definition) is 4. The molecule has 0 bridgehead atoms. The summed E-state index contributed by atoms with van der Waals surface area (Å²) in [6.07, 6.45) is 4.43.